The number of para-hydroxylation sites is 1. The first-order chi connectivity index (χ1) is 28.8. The van der Waals surface area contributed by atoms with Crippen LogP contribution in [0.5, 0.6) is 0 Å². The zero-order chi connectivity index (χ0) is 43.2. The minimum absolute atomic E-state index is 0. The molecule has 1 heterocycles. The van der Waals surface area contributed by atoms with Gasteiger partial charge in [-0.3, -0.25) is 34.1 Å². The highest BCUT2D eigenvalue weighted by Gasteiger charge is 2.32. The summed E-state index contributed by atoms with van der Waals surface area (Å²) in [4.78, 5) is 84.2. The predicted octanol–water partition coefficient (Wildman–Crippen LogP) is 2.60. The van der Waals surface area contributed by atoms with E-state index in [4.69, 9.17) is 17.2 Å². The van der Waals surface area contributed by atoms with Crippen LogP contribution in [0, 0.1) is 0 Å². The van der Waals surface area contributed by atoms with Gasteiger partial charge in [-0.25, -0.2) is 0 Å². The number of aromatic nitrogens is 1. The Labute approximate surface area is 373 Å². The number of carbonyl (C=O) groups excluding carboxylic acids is 6. The Morgan fingerprint density at radius 1 is 0.581 bits per heavy atom. The SMILES string of the molecule is C[C@H](NC(=O)[C@H](N)Cc1ccc2ccccc2c1)C(=O)N[C@@H](Cc1c[nH]c2ccccc12)C(=O)N[C@H](Cc1ccccc1)C(=O)N[C@@H](CCCCN)C(=O)NC(=O)[C@@H](C)N.Cl.Cl. The number of aromatic amines is 1. The Balaban J connectivity index is 0.00000512. The summed E-state index contributed by atoms with van der Waals surface area (Å²) < 4.78 is 0. The molecule has 0 radical (unpaired) electrons. The van der Waals surface area contributed by atoms with Crippen molar-refractivity contribution in [3.05, 3.63) is 120 Å². The van der Waals surface area contributed by atoms with Crippen molar-refractivity contribution in [3.63, 3.8) is 0 Å². The summed E-state index contributed by atoms with van der Waals surface area (Å²) in [7, 11) is 0. The highest BCUT2D eigenvalue weighted by Crippen LogP contribution is 2.20. The summed E-state index contributed by atoms with van der Waals surface area (Å²) in [5.41, 5.74) is 20.8. The number of H-pyrrole nitrogens is 1. The van der Waals surface area contributed by atoms with Gasteiger partial charge in [0.05, 0.1) is 12.1 Å². The normalized spacial score (nSPS) is 13.8. The number of carbonyl (C=O) groups is 6. The third-order valence-electron chi connectivity index (χ3n) is 10.2. The number of fused-ring (bicyclic) bond motifs is 2. The van der Waals surface area contributed by atoms with Gasteiger partial charge in [0.2, 0.25) is 35.4 Å². The van der Waals surface area contributed by atoms with E-state index < -0.39 is 71.7 Å². The summed E-state index contributed by atoms with van der Waals surface area (Å²) in [6.07, 6.45) is 3.24. The lowest BCUT2D eigenvalue weighted by Gasteiger charge is -2.26. The second kappa shape index (κ2) is 24.6. The lowest BCUT2D eigenvalue weighted by Crippen LogP contribution is -2.59. The highest BCUT2D eigenvalue weighted by molar-refractivity contribution is 6.02. The molecule has 0 bridgehead atoms. The molecular weight excluding hydrogens is 833 g/mol. The van der Waals surface area contributed by atoms with E-state index in [1.165, 1.54) is 13.8 Å². The van der Waals surface area contributed by atoms with Gasteiger partial charge >= 0.3 is 0 Å². The number of benzene rings is 4. The van der Waals surface area contributed by atoms with Crippen LogP contribution in [0.2, 0.25) is 0 Å². The molecule has 5 rings (SSSR count). The van der Waals surface area contributed by atoms with Crippen LogP contribution in [-0.2, 0) is 48.0 Å². The number of imide groups is 1. The van der Waals surface area contributed by atoms with Crippen molar-refractivity contribution in [1.82, 2.24) is 31.6 Å². The summed E-state index contributed by atoms with van der Waals surface area (Å²) in [6, 6.07) is 23.6. The molecule has 0 aliphatic heterocycles. The summed E-state index contributed by atoms with van der Waals surface area (Å²) in [6.45, 7) is 3.28. The number of halogens is 2. The Morgan fingerprint density at radius 3 is 1.89 bits per heavy atom. The third kappa shape index (κ3) is 14.4. The molecule has 4 aromatic carbocycles. The standard InChI is InChI=1S/C45H55N9O6.2ClH/c1-27(47)40(55)54-43(58)37(18-10-11-21-46)51-44(59)38(24-29-12-4-3-5-13-29)53-45(60)39(25-33-26-49-36-17-9-8-16-34(33)36)52-41(56)28(2)50-42(57)35(48)23-30-19-20-31-14-6-7-15-32(31)22-30;;/h3-9,12-17,19-20,22,26-28,35,37-39,49H,10-11,18,21,23-25,46-48H2,1-2H3,(H,50,57)(H,51,59)(H,52,56)(H,53,60)(H,54,55,58);2*1H/t27-,28+,35-,37+,38-,39+;;/m1../s1. The first-order valence-electron chi connectivity index (χ1n) is 20.2. The van der Waals surface area contributed by atoms with Crippen LogP contribution in [0.3, 0.4) is 0 Å². The van der Waals surface area contributed by atoms with Crippen molar-refractivity contribution < 1.29 is 28.8 Å². The molecule has 0 unspecified atom stereocenters. The predicted molar refractivity (Wildman–Crippen MR) is 245 cm³/mol. The number of unbranched alkanes of at least 4 members (excludes halogenated alkanes) is 1. The smallest absolute Gasteiger partial charge is 0.249 e. The minimum atomic E-state index is -1.22. The van der Waals surface area contributed by atoms with Crippen LogP contribution in [-0.4, -0.2) is 83.2 Å². The zero-order valence-electron chi connectivity index (χ0n) is 34.7. The van der Waals surface area contributed by atoms with Crippen molar-refractivity contribution in [2.24, 2.45) is 17.2 Å². The van der Waals surface area contributed by atoms with Crippen molar-refractivity contribution >= 4 is 81.9 Å². The maximum absolute atomic E-state index is 14.4. The summed E-state index contributed by atoms with van der Waals surface area (Å²) in [5.74, 6) is -4.03. The third-order valence-corrected chi connectivity index (χ3v) is 10.2. The quantitative estimate of drug-likeness (QED) is 0.0520. The van der Waals surface area contributed by atoms with Crippen LogP contribution in [0.1, 0.15) is 49.8 Å². The van der Waals surface area contributed by atoms with Crippen LogP contribution < -0.4 is 43.8 Å². The molecule has 62 heavy (non-hydrogen) atoms. The fourth-order valence-corrected chi connectivity index (χ4v) is 6.81. The molecular formula is C45H57Cl2N9O6. The van der Waals surface area contributed by atoms with E-state index in [2.05, 4.69) is 31.6 Å². The molecule has 5 aromatic rings. The number of hydrogen-bond donors (Lipinski definition) is 9. The van der Waals surface area contributed by atoms with Crippen LogP contribution >= 0.6 is 24.8 Å². The van der Waals surface area contributed by atoms with E-state index in [0.717, 1.165) is 32.8 Å². The molecule has 0 aliphatic rings. The molecule has 17 heteroatoms. The lowest BCUT2D eigenvalue weighted by atomic mass is 10.0. The van der Waals surface area contributed by atoms with Crippen molar-refractivity contribution in [1.29, 1.82) is 0 Å². The molecule has 0 fully saturated rings. The Kier molecular flexibility index (Phi) is 20.0. The van der Waals surface area contributed by atoms with Gasteiger partial charge in [-0.2, -0.15) is 0 Å². The average Bonchev–Trinajstić information content (AvgIpc) is 3.65. The van der Waals surface area contributed by atoms with E-state index in [1.54, 1.807) is 30.5 Å². The van der Waals surface area contributed by atoms with Gasteiger partial charge in [0.1, 0.15) is 24.2 Å². The zero-order valence-corrected chi connectivity index (χ0v) is 36.4. The fraction of sp³-hybridized carbons (Fsp3) is 0.333. The monoisotopic (exact) mass is 889 g/mol. The van der Waals surface area contributed by atoms with Crippen LogP contribution in [0.25, 0.3) is 21.7 Å². The first kappa shape index (κ1) is 50.5. The van der Waals surface area contributed by atoms with Gasteiger partial charge in [-0.15, -0.1) is 24.8 Å². The van der Waals surface area contributed by atoms with E-state index in [0.29, 0.717) is 24.9 Å². The van der Waals surface area contributed by atoms with E-state index >= 15 is 0 Å². The maximum Gasteiger partial charge on any atom is 0.249 e. The van der Waals surface area contributed by atoms with Crippen LogP contribution in [0.4, 0.5) is 0 Å². The van der Waals surface area contributed by atoms with E-state index in [-0.39, 0.29) is 50.5 Å². The van der Waals surface area contributed by atoms with Gasteiger partial charge in [0.15, 0.2) is 0 Å². The Morgan fingerprint density at radius 2 is 1.19 bits per heavy atom. The number of nitrogens with one attached hydrogen (secondary N) is 6. The number of hydrogen-bond acceptors (Lipinski definition) is 9. The minimum Gasteiger partial charge on any atom is -0.361 e. The van der Waals surface area contributed by atoms with Crippen molar-refractivity contribution in [3.8, 4) is 0 Å². The molecule has 12 N–H and O–H groups in total. The topological polar surface area (TPSA) is 256 Å². The molecule has 332 valence electrons. The molecule has 0 spiro atoms. The molecule has 0 saturated heterocycles. The van der Waals surface area contributed by atoms with Gasteiger partial charge in [-0.1, -0.05) is 91.0 Å². The van der Waals surface area contributed by atoms with E-state index in [9.17, 15) is 28.8 Å². The second-order valence-corrected chi connectivity index (χ2v) is 15.1. The summed E-state index contributed by atoms with van der Waals surface area (Å²) >= 11 is 0. The Hall–Kier alpha value is -5.84. The molecule has 6 amide bonds. The fourth-order valence-electron chi connectivity index (χ4n) is 6.81. The summed E-state index contributed by atoms with van der Waals surface area (Å²) in [5, 5.41) is 16.2. The van der Waals surface area contributed by atoms with Gasteiger partial charge in [0.25, 0.3) is 0 Å². The maximum atomic E-state index is 14.4. The number of amides is 6. The Bertz CT molecular complexity index is 2290. The first-order valence-corrected chi connectivity index (χ1v) is 20.2. The molecule has 15 nitrogen and oxygen atoms in total. The number of nitrogens with two attached hydrogens (primary N) is 3. The number of rotatable bonds is 20. The lowest BCUT2D eigenvalue weighted by molar-refractivity contribution is -0.136. The molecule has 0 saturated carbocycles. The highest BCUT2D eigenvalue weighted by atomic mass is 35.5. The molecule has 6 atom stereocenters. The van der Waals surface area contributed by atoms with Crippen molar-refractivity contribution in [2.45, 2.75) is 88.6 Å². The van der Waals surface area contributed by atoms with Gasteiger partial charge in [0, 0.05) is 29.9 Å². The largest absolute Gasteiger partial charge is 0.361 e. The van der Waals surface area contributed by atoms with Gasteiger partial charge in [-0.05, 0) is 79.6 Å². The average molecular weight is 891 g/mol. The molecule has 1 aromatic heterocycles. The van der Waals surface area contributed by atoms with E-state index in [1.807, 2.05) is 72.8 Å². The van der Waals surface area contributed by atoms with Crippen LogP contribution in [0.15, 0.2) is 103 Å². The molecule has 0 aliphatic carbocycles. The second-order valence-electron chi connectivity index (χ2n) is 15.1. The van der Waals surface area contributed by atoms with Gasteiger partial charge < -0.3 is 43.5 Å². The van der Waals surface area contributed by atoms with Crippen molar-refractivity contribution in [2.75, 3.05) is 6.54 Å².